The molecule has 0 aromatic heterocycles. The van der Waals surface area contributed by atoms with Gasteiger partial charge in [-0.25, -0.2) is 8.42 Å². The fraction of sp³-hybridized carbons (Fsp3) is 1.00. The lowest BCUT2D eigenvalue weighted by Crippen LogP contribution is -2.17. The summed E-state index contributed by atoms with van der Waals surface area (Å²) in [6, 6.07) is 0. The van der Waals surface area contributed by atoms with Crippen molar-refractivity contribution in [2.45, 2.75) is 43.5 Å². The number of rotatable bonds is 6. The van der Waals surface area contributed by atoms with Crippen LogP contribution >= 0.6 is 11.8 Å². The van der Waals surface area contributed by atoms with Gasteiger partial charge in [-0.15, -0.1) is 0 Å². The Bertz CT molecular complexity index is 268. The summed E-state index contributed by atoms with van der Waals surface area (Å²) in [7, 11) is -2.93. The quantitative estimate of drug-likeness (QED) is 0.777. The summed E-state index contributed by atoms with van der Waals surface area (Å²) in [5.74, 6) is 0.777. The second-order valence-corrected chi connectivity index (χ2v) is 7.91. The first-order valence-electron chi connectivity index (χ1n) is 5.45. The molecule has 1 unspecified atom stereocenters. The van der Waals surface area contributed by atoms with Crippen molar-refractivity contribution in [3.05, 3.63) is 0 Å². The number of thioether (sulfide) groups is 1. The van der Waals surface area contributed by atoms with Crippen molar-refractivity contribution in [2.75, 3.05) is 17.8 Å². The van der Waals surface area contributed by atoms with Crippen LogP contribution in [-0.2, 0) is 9.84 Å². The highest BCUT2D eigenvalue weighted by atomic mass is 32.2. The number of sulfone groups is 1. The Kier molecular flexibility index (Phi) is 5.43. The SMILES string of the molecule is CS(=O)(=O)CCC(O)CSC1CCCC1. The summed E-state index contributed by atoms with van der Waals surface area (Å²) in [5, 5.41) is 10.3. The molecule has 15 heavy (non-hydrogen) atoms. The van der Waals surface area contributed by atoms with Gasteiger partial charge in [-0.05, 0) is 19.3 Å². The summed E-state index contributed by atoms with van der Waals surface area (Å²) in [4.78, 5) is 0. The zero-order valence-electron chi connectivity index (χ0n) is 9.18. The largest absolute Gasteiger partial charge is 0.392 e. The molecule has 1 atom stereocenters. The fourth-order valence-electron chi connectivity index (χ4n) is 1.74. The molecule has 5 heteroatoms. The summed E-state index contributed by atoms with van der Waals surface area (Å²) in [6.45, 7) is 0. The van der Waals surface area contributed by atoms with Crippen LogP contribution in [-0.4, -0.2) is 42.6 Å². The van der Waals surface area contributed by atoms with Gasteiger partial charge in [0, 0.05) is 17.3 Å². The van der Waals surface area contributed by atoms with E-state index in [1.165, 1.54) is 31.9 Å². The molecule has 0 spiro atoms. The minimum atomic E-state index is -2.93. The highest BCUT2D eigenvalue weighted by molar-refractivity contribution is 7.99. The standard InChI is InChI=1S/C10H20O3S2/c1-15(12,13)7-6-9(11)8-14-10-4-2-3-5-10/h9-11H,2-8H2,1H3. The third-order valence-corrected chi connectivity index (χ3v) is 5.15. The first-order valence-corrected chi connectivity index (χ1v) is 8.56. The van der Waals surface area contributed by atoms with Crippen molar-refractivity contribution >= 4 is 21.6 Å². The van der Waals surface area contributed by atoms with E-state index in [0.29, 0.717) is 17.4 Å². The van der Waals surface area contributed by atoms with Gasteiger partial charge in [0.25, 0.3) is 0 Å². The van der Waals surface area contributed by atoms with Crippen molar-refractivity contribution in [2.24, 2.45) is 0 Å². The molecule has 1 rings (SSSR count). The van der Waals surface area contributed by atoms with Gasteiger partial charge in [-0.3, -0.25) is 0 Å². The van der Waals surface area contributed by atoms with E-state index in [9.17, 15) is 13.5 Å². The minimum Gasteiger partial charge on any atom is -0.392 e. The average Bonchev–Trinajstić information content (AvgIpc) is 2.62. The summed E-state index contributed by atoms with van der Waals surface area (Å²) in [6.07, 6.45) is 6.23. The fourth-order valence-corrected chi connectivity index (χ4v) is 3.76. The minimum absolute atomic E-state index is 0.0966. The zero-order valence-corrected chi connectivity index (χ0v) is 10.8. The van der Waals surface area contributed by atoms with Gasteiger partial charge < -0.3 is 5.11 Å². The Morgan fingerprint density at radius 3 is 2.53 bits per heavy atom. The number of hydrogen-bond acceptors (Lipinski definition) is 4. The summed E-state index contributed by atoms with van der Waals surface area (Å²) >= 11 is 1.80. The third kappa shape index (κ3) is 6.43. The molecule has 0 radical (unpaired) electrons. The van der Waals surface area contributed by atoms with Crippen LogP contribution in [0.25, 0.3) is 0 Å². The van der Waals surface area contributed by atoms with Gasteiger partial charge in [0.05, 0.1) is 11.9 Å². The van der Waals surface area contributed by atoms with Crippen LogP contribution in [0.2, 0.25) is 0 Å². The molecule has 0 bridgehead atoms. The van der Waals surface area contributed by atoms with E-state index in [1.807, 2.05) is 0 Å². The van der Waals surface area contributed by atoms with Gasteiger partial charge in [0.2, 0.25) is 0 Å². The van der Waals surface area contributed by atoms with Crippen LogP contribution in [0.15, 0.2) is 0 Å². The Morgan fingerprint density at radius 1 is 1.40 bits per heavy atom. The average molecular weight is 252 g/mol. The Hall–Kier alpha value is 0.260. The van der Waals surface area contributed by atoms with Crippen LogP contribution in [0.1, 0.15) is 32.1 Å². The molecule has 1 aliphatic carbocycles. The van der Waals surface area contributed by atoms with E-state index >= 15 is 0 Å². The lowest BCUT2D eigenvalue weighted by Gasteiger charge is -2.13. The first kappa shape index (κ1) is 13.3. The maximum atomic E-state index is 10.9. The molecule has 0 aromatic carbocycles. The zero-order chi connectivity index (χ0) is 11.3. The molecule has 0 aliphatic heterocycles. The second kappa shape index (κ2) is 6.11. The van der Waals surface area contributed by atoms with Crippen molar-refractivity contribution in [1.29, 1.82) is 0 Å². The molecule has 0 heterocycles. The van der Waals surface area contributed by atoms with E-state index in [4.69, 9.17) is 0 Å². The maximum absolute atomic E-state index is 10.9. The van der Waals surface area contributed by atoms with E-state index in [2.05, 4.69) is 0 Å². The summed E-state index contributed by atoms with van der Waals surface area (Å²) < 4.78 is 21.8. The van der Waals surface area contributed by atoms with Crippen molar-refractivity contribution in [1.82, 2.24) is 0 Å². The maximum Gasteiger partial charge on any atom is 0.147 e. The van der Waals surface area contributed by atoms with Gasteiger partial charge in [0.15, 0.2) is 0 Å². The van der Waals surface area contributed by atoms with Crippen molar-refractivity contribution in [3.63, 3.8) is 0 Å². The molecule has 0 aromatic rings. The number of aliphatic hydroxyl groups is 1. The van der Waals surface area contributed by atoms with Gasteiger partial charge in [-0.1, -0.05) is 12.8 Å². The molecule has 1 N–H and O–H groups in total. The van der Waals surface area contributed by atoms with Crippen LogP contribution < -0.4 is 0 Å². The molecule has 90 valence electrons. The molecule has 1 saturated carbocycles. The summed E-state index contributed by atoms with van der Waals surface area (Å²) in [5.41, 5.74) is 0. The third-order valence-electron chi connectivity index (χ3n) is 2.65. The van der Waals surface area contributed by atoms with Crippen LogP contribution in [0, 0.1) is 0 Å². The molecular formula is C10H20O3S2. The van der Waals surface area contributed by atoms with E-state index in [0.717, 1.165) is 0 Å². The molecular weight excluding hydrogens is 232 g/mol. The lowest BCUT2D eigenvalue weighted by atomic mass is 10.3. The number of hydrogen-bond donors (Lipinski definition) is 1. The highest BCUT2D eigenvalue weighted by Gasteiger charge is 2.17. The van der Waals surface area contributed by atoms with Crippen LogP contribution in [0.3, 0.4) is 0 Å². The normalized spacial score (nSPS) is 20.7. The number of aliphatic hydroxyl groups excluding tert-OH is 1. The Morgan fingerprint density at radius 2 is 2.00 bits per heavy atom. The Labute approximate surface area is 96.6 Å². The smallest absolute Gasteiger partial charge is 0.147 e. The monoisotopic (exact) mass is 252 g/mol. The molecule has 3 nitrogen and oxygen atoms in total. The predicted octanol–water partition coefficient (Wildman–Crippen LogP) is 1.46. The second-order valence-electron chi connectivity index (χ2n) is 4.31. The molecule has 0 saturated heterocycles. The topological polar surface area (TPSA) is 54.4 Å². The lowest BCUT2D eigenvalue weighted by molar-refractivity contribution is 0.196. The van der Waals surface area contributed by atoms with E-state index in [1.54, 1.807) is 11.8 Å². The predicted molar refractivity (Wildman–Crippen MR) is 65.0 cm³/mol. The van der Waals surface area contributed by atoms with E-state index in [-0.39, 0.29) is 5.75 Å². The van der Waals surface area contributed by atoms with Crippen molar-refractivity contribution < 1.29 is 13.5 Å². The van der Waals surface area contributed by atoms with Gasteiger partial charge >= 0.3 is 0 Å². The van der Waals surface area contributed by atoms with E-state index < -0.39 is 15.9 Å². The highest BCUT2D eigenvalue weighted by Crippen LogP contribution is 2.29. The molecule has 0 amide bonds. The van der Waals surface area contributed by atoms with Gasteiger partial charge in [-0.2, -0.15) is 11.8 Å². The molecule has 1 fully saturated rings. The Balaban J connectivity index is 2.10. The molecule has 1 aliphatic rings. The van der Waals surface area contributed by atoms with Crippen molar-refractivity contribution in [3.8, 4) is 0 Å². The first-order chi connectivity index (χ1) is 6.97. The van der Waals surface area contributed by atoms with Crippen LogP contribution in [0.5, 0.6) is 0 Å². The van der Waals surface area contributed by atoms with Crippen LogP contribution in [0.4, 0.5) is 0 Å². The van der Waals surface area contributed by atoms with Gasteiger partial charge in [0.1, 0.15) is 9.84 Å².